The van der Waals surface area contributed by atoms with Crippen LogP contribution in [-0.4, -0.2) is 65.2 Å². The molecule has 0 bridgehead atoms. The molecule has 3 aromatic heterocycles. The Morgan fingerprint density at radius 2 is 1.50 bits per heavy atom. The molecule has 0 N–H and O–H groups in total. The van der Waals surface area contributed by atoms with E-state index in [-0.39, 0.29) is 0 Å². The average Bonchev–Trinajstić information content (AvgIpc) is 3.42. The van der Waals surface area contributed by atoms with Gasteiger partial charge in [-0.1, -0.05) is 0 Å². The maximum atomic E-state index is 5.04. The van der Waals surface area contributed by atoms with E-state index in [9.17, 15) is 0 Å². The average molecular weight is 377 g/mol. The van der Waals surface area contributed by atoms with Crippen molar-refractivity contribution in [3.8, 4) is 0 Å². The molecule has 0 atom stereocenters. The Morgan fingerprint density at radius 3 is 2.29 bits per heavy atom. The number of nitrogens with zero attached hydrogens (tertiary/aromatic N) is 6. The molecule has 3 aromatic rings. The third-order valence-electron chi connectivity index (χ3n) is 6.08. The molecule has 2 aliphatic rings. The highest BCUT2D eigenvalue weighted by atomic mass is 15.3. The second-order valence-corrected chi connectivity index (χ2v) is 7.82. The second-order valence-electron chi connectivity index (χ2n) is 7.82. The summed E-state index contributed by atoms with van der Waals surface area (Å²) in [4.78, 5) is 16.6. The zero-order valence-corrected chi connectivity index (χ0v) is 16.4. The van der Waals surface area contributed by atoms with Gasteiger partial charge in [0.05, 0.1) is 0 Å². The van der Waals surface area contributed by atoms with Gasteiger partial charge in [-0.2, -0.15) is 0 Å². The SMILES string of the molecule is c1cc(N2CCN(c3ccc4ccn(CCN5CCCC5)c4n3)CC2)ccn1. The van der Waals surface area contributed by atoms with Crippen LogP contribution in [0.5, 0.6) is 0 Å². The van der Waals surface area contributed by atoms with Crippen LogP contribution in [0.15, 0.2) is 48.9 Å². The van der Waals surface area contributed by atoms with Crippen molar-refractivity contribution >= 4 is 22.5 Å². The smallest absolute Gasteiger partial charge is 0.142 e. The molecule has 6 heteroatoms. The van der Waals surface area contributed by atoms with Crippen molar-refractivity contribution < 1.29 is 0 Å². The van der Waals surface area contributed by atoms with E-state index in [1.165, 1.54) is 37.0 Å². The van der Waals surface area contributed by atoms with Crippen molar-refractivity contribution in [1.29, 1.82) is 0 Å². The number of anilines is 2. The normalized spacial score (nSPS) is 18.3. The Bertz CT molecular complexity index is 907. The second kappa shape index (κ2) is 7.80. The minimum Gasteiger partial charge on any atom is -0.368 e. The summed E-state index contributed by atoms with van der Waals surface area (Å²) in [6.45, 7) is 8.67. The number of likely N-dealkylation sites (tertiary alicyclic amines) is 1. The first-order chi connectivity index (χ1) is 13.9. The van der Waals surface area contributed by atoms with Crippen molar-refractivity contribution in [3.05, 3.63) is 48.9 Å². The van der Waals surface area contributed by atoms with E-state index in [2.05, 4.69) is 60.8 Å². The molecule has 2 fully saturated rings. The van der Waals surface area contributed by atoms with E-state index < -0.39 is 0 Å². The quantitative estimate of drug-likeness (QED) is 0.685. The highest BCUT2D eigenvalue weighted by Gasteiger charge is 2.19. The molecular weight excluding hydrogens is 348 g/mol. The fourth-order valence-corrected chi connectivity index (χ4v) is 4.41. The Morgan fingerprint density at radius 1 is 0.750 bits per heavy atom. The lowest BCUT2D eigenvalue weighted by Gasteiger charge is -2.36. The van der Waals surface area contributed by atoms with Gasteiger partial charge in [0, 0.05) is 68.9 Å². The van der Waals surface area contributed by atoms with Crippen molar-refractivity contribution in [2.24, 2.45) is 0 Å². The Hall–Kier alpha value is -2.60. The number of hydrogen-bond donors (Lipinski definition) is 0. The number of rotatable bonds is 5. The van der Waals surface area contributed by atoms with Crippen LogP contribution in [0.1, 0.15) is 12.8 Å². The van der Waals surface area contributed by atoms with Gasteiger partial charge in [0.25, 0.3) is 0 Å². The van der Waals surface area contributed by atoms with Crippen LogP contribution in [-0.2, 0) is 6.54 Å². The van der Waals surface area contributed by atoms with Gasteiger partial charge in [0.2, 0.25) is 0 Å². The van der Waals surface area contributed by atoms with Gasteiger partial charge in [0.1, 0.15) is 11.5 Å². The summed E-state index contributed by atoms with van der Waals surface area (Å²) in [5, 5.41) is 1.24. The van der Waals surface area contributed by atoms with E-state index >= 15 is 0 Å². The van der Waals surface area contributed by atoms with Gasteiger partial charge in [-0.05, 0) is 56.3 Å². The molecular formula is C22H28N6. The standard InChI is InChI=1S/C22H28N6/c1-2-11-25(10-1)13-14-28-12-7-19-3-4-21(24-22(19)28)27-17-15-26(16-18-27)20-5-8-23-9-6-20/h3-9,12H,1-2,10-11,13-18H2. The van der Waals surface area contributed by atoms with Gasteiger partial charge < -0.3 is 19.3 Å². The van der Waals surface area contributed by atoms with Crippen LogP contribution >= 0.6 is 0 Å². The molecule has 5 heterocycles. The molecule has 0 unspecified atom stereocenters. The predicted molar refractivity (Wildman–Crippen MR) is 114 cm³/mol. The Labute approximate surface area is 166 Å². The summed E-state index contributed by atoms with van der Waals surface area (Å²) in [6, 6.07) is 10.8. The summed E-state index contributed by atoms with van der Waals surface area (Å²) in [6.07, 6.45) is 8.63. The first-order valence-electron chi connectivity index (χ1n) is 10.4. The summed E-state index contributed by atoms with van der Waals surface area (Å²) in [5.74, 6) is 1.10. The molecule has 146 valence electrons. The number of aromatic nitrogens is 3. The fourth-order valence-electron chi connectivity index (χ4n) is 4.41. The zero-order valence-electron chi connectivity index (χ0n) is 16.4. The predicted octanol–water partition coefficient (Wildman–Crippen LogP) is 2.85. The van der Waals surface area contributed by atoms with Gasteiger partial charge in [-0.3, -0.25) is 4.98 Å². The summed E-state index contributed by atoms with van der Waals surface area (Å²) < 4.78 is 2.32. The summed E-state index contributed by atoms with van der Waals surface area (Å²) >= 11 is 0. The molecule has 0 spiro atoms. The third-order valence-corrected chi connectivity index (χ3v) is 6.08. The highest BCUT2D eigenvalue weighted by Crippen LogP contribution is 2.22. The monoisotopic (exact) mass is 376 g/mol. The lowest BCUT2D eigenvalue weighted by Crippen LogP contribution is -2.46. The van der Waals surface area contributed by atoms with Crippen LogP contribution in [0, 0.1) is 0 Å². The van der Waals surface area contributed by atoms with E-state index in [1.807, 2.05) is 12.4 Å². The molecule has 0 aromatic carbocycles. The largest absolute Gasteiger partial charge is 0.368 e. The molecule has 0 aliphatic carbocycles. The number of pyridine rings is 2. The maximum absolute atomic E-state index is 5.04. The molecule has 0 saturated carbocycles. The van der Waals surface area contributed by atoms with Crippen molar-refractivity contribution in [2.45, 2.75) is 19.4 Å². The van der Waals surface area contributed by atoms with Gasteiger partial charge >= 0.3 is 0 Å². The molecule has 0 radical (unpaired) electrons. The first-order valence-corrected chi connectivity index (χ1v) is 10.4. The van der Waals surface area contributed by atoms with E-state index in [4.69, 9.17) is 4.98 Å². The highest BCUT2D eigenvalue weighted by molar-refractivity contribution is 5.78. The van der Waals surface area contributed by atoms with Crippen LogP contribution in [0.25, 0.3) is 11.0 Å². The van der Waals surface area contributed by atoms with E-state index in [0.29, 0.717) is 0 Å². The Balaban J connectivity index is 1.27. The lowest BCUT2D eigenvalue weighted by atomic mass is 10.2. The fraction of sp³-hybridized carbons (Fsp3) is 0.455. The molecule has 2 saturated heterocycles. The minimum atomic E-state index is 0.995. The molecule has 5 rings (SSSR count). The molecule has 2 aliphatic heterocycles. The van der Waals surface area contributed by atoms with Crippen molar-refractivity contribution in [2.75, 3.05) is 55.6 Å². The lowest BCUT2D eigenvalue weighted by molar-refractivity contribution is 0.324. The van der Waals surface area contributed by atoms with Crippen LogP contribution in [0.2, 0.25) is 0 Å². The van der Waals surface area contributed by atoms with Gasteiger partial charge in [0.15, 0.2) is 0 Å². The number of fused-ring (bicyclic) bond motifs is 1. The zero-order chi connectivity index (χ0) is 18.8. The molecule has 28 heavy (non-hydrogen) atoms. The number of hydrogen-bond acceptors (Lipinski definition) is 5. The maximum Gasteiger partial charge on any atom is 0.142 e. The minimum absolute atomic E-state index is 0.995. The topological polar surface area (TPSA) is 40.4 Å². The summed E-state index contributed by atoms with van der Waals surface area (Å²) in [7, 11) is 0. The van der Waals surface area contributed by atoms with Crippen molar-refractivity contribution in [1.82, 2.24) is 19.4 Å². The van der Waals surface area contributed by atoms with Crippen LogP contribution in [0.3, 0.4) is 0 Å². The van der Waals surface area contributed by atoms with Crippen molar-refractivity contribution in [3.63, 3.8) is 0 Å². The van der Waals surface area contributed by atoms with Gasteiger partial charge in [-0.25, -0.2) is 4.98 Å². The van der Waals surface area contributed by atoms with Crippen LogP contribution in [0.4, 0.5) is 11.5 Å². The Kier molecular flexibility index (Phi) is 4.87. The summed E-state index contributed by atoms with van der Waals surface area (Å²) in [5.41, 5.74) is 2.38. The van der Waals surface area contributed by atoms with E-state index in [1.54, 1.807) is 0 Å². The third kappa shape index (κ3) is 3.56. The molecule has 0 amide bonds. The molecule has 6 nitrogen and oxygen atoms in total. The van der Waals surface area contributed by atoms with Gasteiger partial charge in [-0.15, -0.1) is 0 Å². The van der Waals surface area contributed by atoms with E-state index in [0.717, 1.165) is 50.7 Å². The number of piperazine rings is 1. The van der Waals surface area contributed by atoms with Crippen LogP contribution < -0.4 is 9.80 Å². The first kappa shape index (κ1) is 17.5.